The monoisotopic (exact) mass is 264 g/mol. The molecular weight excluding hydrogens is 247 g/mol. The van der Waals surface area contributed by atoms with Crippen LogP contribution in [0.3, 0.4) is 0 Å². The third-order valence-corrected chi connectivity index (χ3v) is 2.13. The van der Waals surface area contributed by atoms with E-state index in [1.165, 1.54) is 0 Å². The van der Waals surface area contributed by atoms with Crippen LogP contribution < -0.4 is 0 Å². The second-order valence-corrected chi connectivity index (χ2v) is 3.84. The lowest BCUT2D eigenvalue weighted by molar-refractivity contribution is 0.0583. The average molecular weight is 265 g/mol. The molecule has 4 heteroatoms. The standard InChI is InChI=1S/C8H12Cl2O.C4H6O/c1-5(9)7(3)11-8(4)6(2)10;1-3-5-4-2/h7-8H,1-2H2,3-4H3;1H,4H2,2H3. The first kappa shape index (κ1) is 17.8. The Morgan fingerprint density at radius 1 is 1.25 bits per heavy atom. The van der Waals surface area contributed by atoms with Crippen molar-refractivity contribution in [3.63, 3.8) is 0 Å². The van der Waals surface area contributed by atoms with E-state index in [4.69, 9.17) is 27.9 Å². The van der Waals surface area contributed by atoms with Gasteiger partial charge in [0.05, 0.1) is 18.8 Å². The van der Waals surface area contributed by atoms with Gasteiger partial charge in [-0.3, -0.25) is 0 Å². The fraction of sp³-hybridized carbons (Fsp3) is 0.500. The lowest BCUT2D eigenvalue weighted by atomic mass is 10.3. The van der Waals surface area contributed by atoms with E-state index in [9.17, 15) is 0 Å². The number of ether oxygens (including phenoxy) is 2. The van der Waals surface area contributed by atoms with Gasteiger partial charge in [0.25, 0.3) is 0 Å². The largest absolute Gasteiger partial charge is 0.447 e. The van der Waals surface area contributed by atoms with Crippen LogP contribution in [-0.2, 0) is 9.47 Å². The Bertz CT molecular complexity index is 238. The SMILES string of the molecule is C#COCC.C=C(Cl)C(C)OC(C)C(=C)Cl. The third-order valence-electron chi connectivity index (χ3n) is 1.52. The molecule has 2 nitrogen and oxygen atoms in total. The second kappa shape index (κ2) is 10.9. The fourth-order valence-corrected chi connectivity index (χ4v) is 0.640. The van der Waals surface area contributed by atoms with Crippen LogP contribution in [0, 0.1) is 12.5 Å². The van der Waals surface area contributed by atoms with Crippen molar-refractivity contribution in [2.45, 2.75) is 33.0 Å². The van der Waals surface area contributed by atoms with Gasteiger partial charge in [-0.1, -0.05) is 42.8 Å². The Morgan fingerprint density at radius 3 is 1.75 bits per heavy atom. The van der Waals surface area contributed by atoms with Crippen molar-refractivity contribution in [3.8, 4) is 12.5 Å². The van der Waals surface area contributed by atoms with Crippen LogP contribution in [0.1, 0.15) is 20.8 Å². The number of terminal acetylenes is 1. The van der Waals surface area contributed by atoms with Crippen LogP contribution >= 0.6 is 23.2 Å². The molecule has 0 saturated heterocycles. The summed E-state index contributed by atoms with van der Waals surface area (Å²) in [7, 11) is 0. The van der Waals surface area contributed by atoms with Crippen LogP contribution in [0.4, 0.5) is 0 Å². The summed E-state index contributed by atoms with van der Waals surface area (Å²) < 4.78 is 9.67. The van der Waals surface area contributed by atoms with E-state index in [1.54, 1.807) is 0 Å². The molecule has 0 spiro atoms. The van der Waals surface area contributed by atoms with E-state index in [1.807, 2.05) is 26.9 Å². The molecule has 2 atom stereocenters. The van der Waals surface area contributed by atoms with Gasteiger partial charge >= 0.3 is 0 Å². The molecule has 0 aromatic rings. The maximum atomic E-state index is 5.58. The van der Waals surface area contributed by atoms with Crippen LogP contribution in [0.25, 0.3) is 0 Å². The fourth-order valence-electron chi connectivity index (χ4n) is 0.537. The van der Waals surface area contributed by atoms with Gasteiger partial charge in [0.1, 0.15) is 6.11 Å². The smallest absolute Gasteiger partial charge is 0.106 e. The van der Waals surface area contributed by atoms with Gasteiger partial charge in [-0.15, -0.1) is 0 Å². The predicted octanol–water partition coefficient (Wildman–Crippen LogP) is 3.90. The highest BCUT2D eigenvalue weighted by Crippen LogP contribution is 2.15. The molecular formula is C12H18Cl2O2. The zero-order chi connectivity index (χ0) is 13.1. The number of halogens is 2. The van der Waals surface area contributed by atoms with Crippen molar-refractivity contribution < 1.29 is 9.47 Å². The molecule has 0 aliphatic carbocycles. The lowest BCUT2D eigenvalue weighted by Crippen LogP contribution is -2.16. The van der Waals surface area contributed by atoms with Gasteiger partial charge in [0, 0.05) is 10.1 Å². The van der Waals surface area contributed by atoms with Crippen molar-refractivity contribution in [1.82, 2.24) is 0 Å². The predicted molar refractivity (Wildman–Crippen MR) is 70.5 cm³/mol. The molecule has 0 radical (unpaired) electrons. The van der Waals surface area contributed by atoms with Gasteiger partial charge in [-0.05, 0) is 20.8 Å². The van der Waals surface area contributed by atoms with Crippen molar-refractivity contribution >= 4 is 23.2 Å². The Labute approximate surface area is 108 Å². The lowest BCUT2D eigenvalue weighted by Gasteiger charge is -2.16. The number of rotatable bonds is 5. The topological polar surface area (TPSA) is 18.5 Å². The van der Waals surface area contributed by atoms with Crippen molar-refractivity contribution in [3.05, 3.63) is 23.2 Å². The van der Waals surface area contributed by atoms with E-state index in [2.05, 4.69) is 24.3 Å². The summed E-state index contributed by atoms with van der Waals surface area (Å²) >= 11 is 11.2. The van der Waals surface area contributed by atoms with Crippen LogP contribution in [0.2, 0.25) is 0 Å². The zero-order valence-electron chi connectivity index (χ0n) is 9.93. The van der Waals surface area contributed by atoms with E-state index >= 15 is 0 Å². The molecule has 0 aromatic carbocycles. The Balaban J connectivity index is 0. The molecule has 0 aromatic heterocycles. The van der Waals surface area contributed by atoms with Crippen LogP contribution in [0.5, 0.6) is 0 Å². The summed E-state index contributed by atoms with van der Waals surface area (Å²) in [5.74, 6) is 0. The van der Waals surface area contributed by atoms with Gasteiger partial charge in [-0.2, -0.15) is 0 Å². The first-order valence-corrected chi connectivity index (χ1v) is 5.53. The van der Waals surface area contributed by atoms with Crippen molar-refractivity contribution in [1.29, 1.82) is 0 Å². The molecule has 0 rings (SSSR count). The summed E-state index contributed by atoms with van der Waals surface area (Å²) in [5, 5.41) is 0.935. The molecule has 16 heavy (non-hydrogen) atoms. The van der Waals surface area contributed by atoms with Crippen LogP contribution in [-0.4, -0.2) is 18.8 Å². The van der Waals surface area contributed by atoms with Gasteiger partial charge in [0.15, 0.2) is 0 Å². The summed E-state index contributed by atoms with van der Waals surface area (Å²) in [6.07, 6.45) is 6.30. The average Bonchev–Trinajstić information content (AvgIpc) is 2.19. The van der Waals surface area contributed by atoms with Crippen molar-refractivity contribution in [2.75, 3.05) is 6.61 Å². The summed E-state index contributed by atoms with van der Waals surface area (Å²) in [4.78, 5) is 0. The molecule has 0 aliphatic heterocycles. The molecule has 0 heterocycles. The summed E-state index contributed by atoms with van der Waals surface area (Å²) in [6.45, 7) is 13.1. The molecule has 0 bridgehead atoms. The molecule has 0 fully saturated rings. The quantitative estimate of drug-likeness (QED) is 0.702. The summed E-state index contributed by atoms with van der Waals surface area (Å²) in [5.41, 5.74) is 0. The number of hydrogen-bond donors (Lipinski definition) is 0. The zero-order valence-corrected chi connectivity index (χ0v) is 11.4. The second-order valence-electron chi connectivity index (χ2n) is 2.87. The van der Waals surface area contributed by atoms with Crippen molar-refractivity contribution in [2.24, 2.45) is 0 Å². The highest BCUT2D eigenvalue weighted by atomic mass is 35.5. The van der Waals surface area contributed by atoms with E-state index in [-0.39, 0.29) is 12.2 Å². The highest BCUT2D eigenvalue weighted by molar-refractivity contribution is 6.30. The molecule has 0 aliphatic rings. The Hall–Kier alpha value is -0.620. The normalized spacial score (nSPS) is 12.5. The minimum atomic E-state index is -0.192. The van der Waals surface area contributed by atoms with E-state index in [0.29, 0.717) is 16.7 Å². The van der Waals surface area contributed by atoms with E-state index in [0.717, 1.165) is 0 Å². The molecule has 0 N–H and O–H groups in total. The summed E-state index contributed by atoms with van der Waals surface area (Å²) in [6, 6.07) is 0. The van der Waals surface area contributed by atoms with Gasteiger partial charge in [-0.25, -0.2) is 0 Å². The highest BCUT2D eigenvalue weighted by Gasteiger charge is 2.11. The minimum absolute atomic E-state index is 0.192. The van der Waals surface area contributed by atoms with E-state index < -0.39 is 0 Å². The first-order chi connectivity index (χ1) is 7.36. The molecule has 0 saturated carbocycles. The maximum Gasteiger partial charge on any atom is 0.106 e. The number of hydrogen-bond acceptors (Lipinski definition) is 2. The van der Waals surface area contributed by atoms with Crippen LogP contribution in [0.15, 0.2) is 23.2 Å². The minimum Gasteiger partial charge on any atom is -0.447 e. The molecule has 0 amide bonds. The maximum absolute atomic E-state index is 5.58. The van der Waals surface area contributed by atoms with Gasteiger partial charge < -0.3 is 9.47 Å². The third kappa shape index (κ3) is 11.5. The Morgan fingerprint density at radius 2 is 1.62 bits per heavy atom. The van der Waals surface area contributed by atoms with Gasteiger partial charge in [0.2, 0.25) is 0 Å². The molecule has 92 valence electrons. The first-order valence-electron chi connectivity index (χ1n) is 4.78. The molecule has 2 unspecified atom stereocenters. The Kier molecular flexibility index (Phi) is 12.1.